The van der Waals surface area contributed by atoms with Crippen LogP contribution in [0.4, 0.5) is 0 Å². The average Bonchev–Trinajstić information content (AvgIpc) is 3.09. The number of fused-ring (bicyclic) bond motifs is 1. The Kier molecular flexibility index (Phi) is 3.01. The number of pyridine rings is 1. The maximum absolute atomic E-state index is 4.62. The number of hydrogen-bond acceptors (Lipinski definition) is 5. The maximum atomic E-state index is 4.62. The highest BCUT2D eigenvalue weighted by Gasteiger charge is 2.15. The van der Waals surface area contributed by atoms with Crippen LogP contribution in [0.3, 0.4) is 0 Å². The smallest absolute Gasteiger partial charge is 0.235 e. The first-order chi connectivity index (χ1) is 10.3. The molecule has 0 aliphatic rings. The Labute approximate surface area is 132 Å². The summed E-state index contributed by atoms with van der Waals surface area (Å²) in [4.78, 5) is 4.80. The second-order valence-electron chi connectivity index (χ2n) is 4.34. The average molecular weight is 358 g/mol. The van der Waals surface area contributed by atoms with Crippen LogP contribution in [-0.4, -0.2) is 24.8 Å². The highest BCUT2D eigenvalue weighted by molar-refractivity contribution is 9.10. The van der Waals surface area contributed by atoms with Crippen molar-refractivity contribution < 1.29 is 0 Å². The molecule has 0 spiro atoms. The van der Waals surface area contributed by atoms with Crippen molar-refractivity contribution in [3.63, 3.8) is 0 Å². The van der Waals surface area contributed by atoms with E-state index in [0.717, 1.165) is 31.4 Å². The Hall–Kier alpha value is -2.12. The van der Waals surface area contributed by atoms with Crippen LogP contribution in [0, 0.1) is 0 Å². The topological polar surface area (TPSA) is 56.0 Å². The fourth-order valence-electron chi connectivity index (χ4n) is 2.04. The molecule has 0 fully saturated rings. The number of hydrogen-bond donors (Lipinski definition) is 0. The molecule has 0 saturated carbocycles. The van der Waals surface area contributed by atoms with Gasteiger partial charge in [-0.05, 0) is 24.3 Å². The van der Waals surface area contributed by atoms with Gasteiger partial charge in [0.05, 0.1) is 0 Å². The first kappa shape index (κ1) is 12.6. The lowest BCUT2D eigenvalue weighted by molar-refractivity contribution is 0.969. The molecule has 0 bridgehead atoms. The predicted octanol–water partition coefficient (Wildman–Crippen LogP) is 3.68. The molecule has 0 aliphatic heterocycles. The number of benzene rings is 1. The summed E-state index contributed by atoms with van der Waals surface area (Å²) in [7, 11) is 0. The van der Waals surface area contributed by atoms with Crippen molar-refractivity contribution in [2.45, 2.75) is 0 Å². The monoisotopic (exact) mass is 357 g/mol. The van der Waals surface area contributed by atoms with Gasteiger partial charge in [-0.3, -0.25) is 4.98 Å². The normalized spacial score (nSPS) is 11.1. The minimum atomic E-state index is 0.731. The number of rotatable bonds is 2. The van der Waals surface area contributed by atoms with Crippen molar-refractivity contribution in [1.82, 2.24) is 24.8 Å². The van der Waals surface area contributed by atoms with Gasteiger partial charge in [-0.1, -0.05) is 39.4 Å². The van der Waals surface area contributed by atoms with Crippen LogP contribution in [0.25, 0.3) is 26.9 Å². The molecule has 7 heteroatoms. The van der Waals surface area contributed by atoms with E-state index in [9.17, 15) is 0 Å². The van der Waals surface area contributed by atoms with Crippen LogP contribution < -0.4 is 0 Å². The maximum Gasteiger partial charge on any atom is 0.235 e. The molecule has 0 aliphatic carbocycles. The van der Waals surface area contributed by atoms with E-state index in [1.54, 1.807) is 16.9 Å². The van der Waals surface area contributed by atoms with Crippen molar-refractivity contribution in [3.05, 3.63) is 53.3 Å². The summed E-state index contributed by atoms with van der Waals surface area (Å²) < 4.78 is 2.75. The number of nitrogens with zero attached hydrogens (tertiary/aromatic N) is 5. The first-order valence-electron chi connectivity index (χ1n) is 6.20. The van der Waals surface area contributed by atoms with E-state index in [1.165, 1.54) is 11.3 Å². The predicted molar refractivity (Wildman–Crippen MR) is 85.0 cm³/mol. The van der Waals surface area contributed by atoms with Crippen LogP contribution in [-0.2, 0) is 0 Å². The van der Waals surface area contributed by atoms with E-state index < -0.39 is 0 Å². The van der Waals surface area contributed by atoms with Crippen LogP contribution in [0.15, 0.2) is 53.3 Å². The van der Waals surface area contributed by atoms with Gasteiger partial charge in [-0.2, -0.15) is 9.61 Å². The minimum Gasteiger partial charge on any atom is -0.265 e. The molecule has 0 N–H and O–H groups in total. The van der Waals surface area contributed by atoms with Gasteiger partial charge in [0, 0.05) is 28.0 Å². The van der Waals surface area contributed by atoms with Crippen LogP contribution >= 0.6 is 27.3 Å². The lowest BCUT2D eigenvalue weighted by Crippen LogP contribution is -1.91. The molecule has 21 heavy (non-hydrogen) atoms. The molecule has 3 aromatic heterocycles. The van der Waals surface area contributed by atoms with E-state index in [2.05, 4.69) is 36.2 Å². The Bertz CT molecular complexity index is 915. The molecule has 0 atom stereocenters. The SMILES string of the molecule is Brc1ccccc1-c1nnc2sc(-c3ccncc3)nn12. The molecule has 0 unspecified atom stereocenters. The molecule has 102 valence electrons. The van der Waals surface area contributed by atoms with Crippen LogP contribution in [0.2, 0.25) is 0 Å². The molecular weight excluding hydrogens is 350 g/mol. The van der Waals surface area contributed by atoms with E-state index in [4.69, 9.17) is 0 Å². The highest BCUT2D eigenvalue weighted by atomic mass is 79.9. The summed E-state index contributed by atoms with van der Waals surface area (Å²) >= 11 is 5.05. The molecule has 3 heterocycles. The van der Waals surface area contributed by atoms with Gasteiger partial charge in [0.1, 0.15) is 5.01 Å². The van der Waals surface area contributed by atoms with Crippen molar-refractivity contribution in [2.24, 2.45) is 0 Å². The fourth-order valence-corrected chi connectivity index (χ4v) is 3.35. The van der Waals surface area contributed by atoms with Gasteiger partial charge in [-0.15, -0.1) is 10.2 Å². The van der Waals surface area contributed by atoms with E-state index >= 15 is 0 Å². The van der Waals surface area contributed by atoms with E-state index in [0.29, 0.717) is 0 Å². The van der Waals surface area contributed by atoms with Gasteiger partial charge in [0.25, 0.3) is 0 Å². The molecule has 0 saturated heterocycles. The summed E-state index contributed by atoms with van der Waals surface area (Å²) in [6.07, 6.45) is 3.51. The Balaban J connectivity index is 1.90. The summed E-state index contributed by atoms with van der Waals surface area (Å²) in [5.41, 5.74) is 2.00. The third-order valence-electron chi connectivity index (χ3n) is 3.03. The Morgan fingerprint density at radius 1 is 1.00 bits per heavy atom. The van der Waals surface area contributed by atoms with Gasteiger partial charge >= 0.3 is 0 Å². The van der Waals surface area contributed by atoms with Gasteiger partial charge in [0.2, 0.25) is 4.96 Å². The Morgan fingerprint density at radius 2 is 1.81 bits per heavy atom. The molecule has 4 rings (SSSR count). The zero-order valence-electron chi connectivity index (χ0n) is 10.6. The van der Waals surface area contributed by atoms with Crippen molar-refractivity contribution in [3.8, 4) is 22.0 Å². The third kappa shape index (κ3) is 2.14. The fraction of sp³-hybridized carbons (Fsp3) is 0. The Morgan fingerprint density at radius 3 is 2.62 bits per heavy atom. The van der Waals surface area contributed by atoms with Gasteiger partial charge in [0.15, 0.2) is 5.82 Å². The zero-order valence-corrected chi connectivity index (χ0v) is 13.0. The molecule has 1 aromatic carbocycles. The largest absolute Gasteiger partial charge is 0.265 e. The molecule has 4 aromatic rings. The summed E-state index contributed by atoms with van der Waals surface area (Å²) in [5.74, 6) is 0.731. The van der Waals surface area contributed by atoms with Gasteiger partial charge in [-0.25, -0.2) is 0 Å². The van der Waals surface area contributed by atoms with Crippen LogP contribution in [0.5, 0.6) is 0 Å². The zero-order chi connectivity index (χ0) is 14.2. The molecule has 0 radical (unpaired) electrons. The summed E-state index contributed by atoms with van der Waals surface area (Å²) in [6.45, 7) is 0. The third-order valence-corrected chi connectivity index (χ3v) is 4.67. The highest BCUT2D eigenvalue weighted by Crippen LogP contribution is 2.30. The molecular formula is C14H8BrN5S. The van der Waals surface area contributed by atoms with Gasteiger partial charge < -0.3 is 0 Å². The standard InChI is InChI=1S/C14H8BrN5S/c15-11-4-2-1-3-10(11)12-17-18-14-20(12)19-13(21-14)9-5-7-16-8-6-9/h1-8H. The molecule has 5 nitrogen and oxygen atoms in total. The van der Waals surface area contributed by atoms with E-state index in [-0.39, 0.29) is 0 Å². The van der Waals surface area contributed by atoms with Crippen molar-refractivity contribution in [1.29, 1.82) is 0 Å². The summed E-state index contributed by atoms with van der Waals surface area (Å²) in [5, 5.41) is 14.0. The number of aromatic nitrogens is 5. The quantitative estimate of drug-likeness (QED) is 0.549. The van der Waals surface area contributed by atoms with Crippen LogP contribution in [0.1, 0.15) is 0 Å². The van der Waals surface area contributed by atoms with Crippen molar-refractivity contribution >= 4 is 32.2 Å². The number of halogens is 1. The second-order valence-corrected chi connectivity index (χ2v) is 6.15. The second kappa shape index (κ2) is 5.01. The lowest BCUT2D eigenvalue weighted by Gasteiger charge is -1.99. The lowest BCUT2D eigenvalue weighted by atomic mass is 10.2. The minimum absolute atomic E-state index is 0.731. The summed E-state index contributed by atoms with van der Waals surface area (Å²) in [6, 6.07) is 11.8. The van der Waals surface area contributed by atoms with Crippen molar-refractivity contribution in [2.75, 3.05) is 0 Å². The first-order valence-corrected chi connectivity index (χ1v) is 7.81. The molecule has 0 amide bonds. The van der Waals surface area contributed by atoms with E-state index in [1.807, 2.05) is 36.4 Å².